The summed E-state index contributed by atoms with van der Waals surface area (Å²) in [6.45, 7) is 6.57. The van der Waals surface area contributed by atoms with Gasteiger partial charge in [0.1, 0.15) is 11.3 Å². The van der Waals surface area contributed by atoms with Gasteiger partial charge in [0.2, 0.25) is 0 Å². The van der Waals surface area contributed by atoms with Crippen LogP contribution in [0.4, 0.5) is 0 Å². The van der Waals surface area contributed by atoms with Gasteiger partial charge < -0.3 is 4.74 Å². The first kappa shape index (κ1) is 21.6. The van der Waals surface area contributed by atoms with Crippen LogP contribution in [0.3, 0.4) is 0 Å². The number of morpholine rings is 1. The Kier molecular flexibility index (Phi) is 5.82. The maximum Gasteiger partial charge on any atom is 0.138 e. The zero-order valence-electron chi connectivity index (χ0n) is 19.8. The maximum atomic E-state index is 5.47. The Morgan fingerprint density at radius 1 is 0.829 bits per heavy atom. The minimum Gasteiger partial charge on any atom is -0.379 e. The summed E-state index contributed by atoms with van der Waals surface area (Å²) in [7, 11) is 0. The first-order chi connectivity index (χ1) is 17.2. The van der Waals surface area contributed by atoms with E-state index in [-0.39, 0.29) is 0 Å². The number of rotatable bonds is 5. The monoisotopic (exact) mass is 461 g/mol. The lowest BCUT2D eigenvalue weighted by Gasteiger charge is -2.26. The van der Waals surface area contributed by atoms with E-state index in [0.717, 1.165) is 78.1 Å². The Morgan fingerprint density at radius 2 is 1.69 bits per heavy atom. The van der Waals surface area contributed by atoms with Gasteiger partial charge in [0.05, 0.1) is 30.3 Å². The highest BCUT2D eigenvalue weighted by Gasteiger charge is 2.18. The average molecular weight is 462 g/mol. The number of hydrogen-bond donors (Lipinski definition) is 0. The van der Waals surface area contributed by atoms with Gasteiger partial charge in [-0.2, -0.15) is 0 Å². The van der Waals surface area contributed by atoms with Crippen molar-refractivity contribution in [1.29, 1.82) is 0 Å². The van der Waals surface area contributed by atoms with E-state index >= 15 is 0 Å². The van der Waals surface area contributed by atoms with Gasteiger partial charge in [-0.1, -0.05) is 36.4 Å². The van der Waals surface area contributed by atoms with Crippen molar-refractivity contribution < 1.29 is 4.74 Å². The van der Waals surface area contributed by atoms with Crippen LogP contribution in [0.1, 0.15) is 11.3 Å². The molecule has 0 aliphatic carbocycles. The molecule has 1 aliphatic heterocycles. The highest BCUT2D eigenvalue weighted by atomic mass is 16.5. The lowest BCUT2D eigenvalue weighted by atomic mass is 10.0. The van der Waals surface area contributed by atoms with Crippen LogP contribution in [0.15, 0.2) is 85.2 Å². The molecule has 0 spiro atoms. The zero-order chi connectivity index (χ0) is 23.6. The summed E-state index contributed by atoms with van der Waals surface area (Å²) in [5, 5.41) is 0. The molecule has 35 heavy (non-hydrogen) atoms. The molecule has 0 atom stereocenters. The van der Waals surface area contributed by atoms with E-state index in [1.807, 2.05) is 55.6 Å². The Labute approximate surface area is 204 Å². The van der Waals surface area contributed by atoms with Crippen molar-refractivity contribution in [3.05, 3.63) is 96.4 Å². The SMILES string of the molecule is Cc1cccc(-c2nc3ccccn3c2-c2ccnc(-c3ccc(CN4CCOCC4)cc3)c2)n1. The lowest BCUT2D eigenvalue weighted by Crippen LogP contribution is -2.35. The third kappa shape index (κ3) is 4.46. The predicted molar refractivity (Wildman–Crippen MR) is 138 cm³/mol. The van der Waals surface area contributed by atoms with Crippen LogP contribution in [0.25, 0.3) is 39.5 Å². The van der Waals surface area contributed by atoms with E-state index in [2.05, 4.69) is 50.8 Å². The van der Waals surface area contributed by atoms with Crippen LogP contribution in [-0.4, -0.2) is 50.6 Å². The maximum absolute atomic E-state index is 5.47. The van der Waals surface area contributed by atoms with Crippen molar-refractivity contribution in [2.75, 3.05) is 26.3 Å². The highest BCUT2D eigenvalue weighted by molar-refractivity contribution is 5.82. The molecule has 1 fully saturated rings. The van der Waals surface area contributed by atoms with Gasteiger partial charge in [-0.3, -0.25) is 19.3 Å². The van der Waals surface area contributed by atoms with Crippen LogP contribution in [-0.2, 0) is 11.3 Å². The van der Waals surface area contributed by atoms with Crippen LogP contribution in [0.5, 0.6) is 0 Å². The van der Waals surface area contributed by atoms with Crippen LogP contribution in [0, 0.1) is 6.92 Å². The topological polar surface area (TPSA) is 55.5 Å². The Bertz CT molecular complexity index is 1470. The summed E-state index contributed by atoms with van der Waals surface area (Å²) in [4.78, 5) is 16.8. The molecule has 5 aromatic rings. The second kappa shape index (κ2) is 9.41. The van der Waals surface area contributed by atoms with E-state index in [0.29, 0.717) is 0 Å². The molecule has 6 nitrogen and oxygen atoms in total. The molecular weight excluding hydrogens is 434 g/mol. The normalized spacial score (nSPS) is 14.4. The minimum atomic E-state index is 0.818. The number of imidazole rings is 1. The second-order valence-electron chi connectivity index (χ2n) is 8.92. The largest absolute Gasteiger partial charge is 0.379 e. The van der Waals surface area contributed by atoms with Gasteiger partial charge in [0, 0.05) is 48.8 Å². The van der Waals surface area contributed by atoms with E-state index < -0.39 is 0 Å². The van der Waals surface area contributed by atoms with Crippen molar-refractivity contribution in [2.45, 2.75) is 13.5 Å². The molecule has 5 heterocycles. The number of aromatic nitrogens is 4. The smallest absolute Gasteiger partial charge is 0.138 e. The molecule has 0 N–H and O–H groups in total. The first-order valence-corrected chi connectivity index (χ1v) is 12.0. The number of hydrogen-bond acceptors (Lipinski definition) is 5. The van der Waals surface area contributed by atoms with E-state index in [4.69, 9.17) is 14.7 Å². The van der Waals surface area contributed by atoms with Crippen molar-refractivity contribution >= 4 is 5.65 Å². The molecule has 1 aromatic carbocycles. The van der Waals surface area contributed by atoms with Gasteiger partial charge in [-0.15, -0.1) is 0 Å². The molecule has 174 valence electrons. The van der Waals surface area contributed by atoms with Gasteiger partial charge in [0.25, 0.3) is 0 Å². The van der Waals surface area contributed by atoms with Crippen LogP contribution in [0.2, 0.25) is 0 Å². The molecule has 6 rings (SSSR count). The fraction of sp³-hybridized carbons (Fsp3) is 0.207. The summed E-state index contributed by atoms with van der Waals surface area (Å²) >= 11 is 0. The molecule has 0 amide bonds. The second-order valence-corrected chi connectivity index (χ2v) is 8.92. The number of nitrogens with zero attached hydrogens (tertiary/aromatic N) is 5. The average Bonchev–Trinajstić information content (AvgIpc) is 3.30. The van der Waals surface area contributed by atoms with E-state index in [9.17, 15) is 0 Å². The van der Waals surface area contributed by atoms with E-state index in [1.165, 1.54) is 5.56 Å². The standard InChI is InChI=1S/C29H27N5O/c1-21-5-4-6-25(31-21)28-29(34-14-3-2-7-27(34)32-28)24-12-13-30-26(19-24)23-10-8-22(9-11-23)20-33-15-17-35-18-16-33/h2-14,19H,15-18,20H2,1H3. The minimum absolute atomic E-state index is 0.818. The molecule has 4 aromatic heterocycles. The Morgan fingerprint density at radius 3 is 2.51 bits per heavy atom. The Hall–Kier alpha value is -3.87. The fourth-order valence-corrected chi connectivity index (χ4v) is 4.66. The summed E-state index contributed by atoms with van der Waals surface area (Å²) in [5.74, 6) is 0. The lowest BCUT2D eigenvalue weighted by molar-refractivity contribution is 0.0342. The number of fused-ring (bicyclic) bond motifs is 1. The summed E-state index contributed by atoms with van der Waals surface area (Å²) in [6, 6.07) is 25.1. The number of pyridine rings is 3. The van der Waals surface area contributed by atoms with Crippen LogP contribution < -0.4 is 0 Å². The third-order valence-electron chi connectivity index (χ3n) is 6.45. The molecule has 0 bridgehead atoms. The van der Waals surface area contributed by atoms with Gasteiger partial charge >= 0.3 is 0 Å². The number of ether oxygens (including phenoxy) is 1. The quantitative estimate of drug-likeness (QED) is 0.357. The molecule has 6 heteroatoms. The van der Waals surface area contributed by atoms with Gasteiger partial charge in [0.15, 0.2) is 0 Å². The van der Waals surface area contributed by atoms with Crippen LogP contribution >= 0.6 is 0 Å². The van der Waals surface area contributed by atoms with E-state index in [1.54, 1.807) is 0 Å². The molecule has 0 radical (unpaired) electrons. The first-order valence-electron chi connectivity index (χ1n) is 12.0. The molecule has 0 unspecified atom stereocenters. The molecule has 1 aliphatic rings. The Balaban J connectivity index is 1.37. The van der Waals surface area contributed by atoms with Crippen molar-refractivity contribution in [1.82, 2.24) is 24.3 Å². The van der Waals surface area contributed by atoms with Crippen molar-refractivity contribution in [3.8, 4) is 33.9 Å². The zero-order valence-corrected chi connectivity index (χ0v) is 19.8. The van der Waals surface area contributed by atoms with Gasteiger partial charge in [-0.05, 0) is 48.9 Å². The summed E-state index contributed by atoms with van der Waals surface area (Å²) in [6.07, 6.45) is 3.93. The van der Waals surface area contributed by atoms with Crippen molar-refractivity contribution in [3.63, 3.8) is 0 Å². The fourth-order valence-electron chi connectivity index (χ4n) is 4.66. The molecule has 0 saturated carbocycles. The third-order valence-corrected chi connectivity index (χ3v) is 6.45. The molecule has 1 saturated heterocycles. The van der Waals surface area contributed by atoms with Crippen molar-refractivity contribution in [2.24, 2.45) is 0 Å². The summed E-state index contributed by atoms with van der Waals surface area (Å²) in [5.41, 5.74) is 9.03. The predicted octanol–water partition coefficient (Wildman–Crippen LogP) is 5.27. The van der Waals surface area contributed by atoms with Gasteiger partial charge in [-0.25, -0.2) is 4.98 Å². The summed E-state index contributed by atoms with van der Waals surface area (Å²) < 4.78 is 7.59. The number of aryl methyl sites for hydroxylation is 1. The molecular formula is C29H27N5O. The number of benzene rings is 1. The highest BCUT2D eigenvalue weighted by Crippen LogP contribution is 2.33.